The zero-order valence-corrected chi connectivity index (χ0v) is 15.8. The number of carboxylic acid groups (broad SMARTS) is 1. The summed E-state index contributed by atoms with van der Waals surface area (Å²) in [5, 5.41) is 12.2. The summed E-state index contributed by atoms with van der Waals surface area (Å²) >= 11 is 0. The van der Waals surface area contributed by atoms with E-state index in [1.807, 2.05) is 37.3 Å². The molecule has 0 spiro atoms. The molecule has 0 bridgehead atoms. The van der Waals surface area contributed by atoms with Crippen molar-refractivity contribution in [3.8, 4) is 0 Å². The first-order chi connectivity index (χ1) is 13.4. The van der Waals surface area contributed by atoms with Gasteiger partial charge < -0.3 is 15.3 Å². The molecular weight excluding hydrogens is 356 g/mol. The monoisotopic (exact) mass is 380 g/mol. The fourth-order valence-corrected chi connectivity index (χ4v) is 3.39. The third-order valence-electron chi connectivity index (χ3n) is 5.06. The molecule has 6 nitrogen and oxygen atoms in total. The Morgan fingerprint density at radius 2 is 1.82 bits per heavy atom. The van der Waals surface area contributed by atoms with Crippen molar-refractivity contribution in [2.24, 2.45) is 5.92 Å². The molecule has 2 aromatic rings. The molecule has 2 unspecified atom stereocenters. The number of rotatable bonds is 7. The van der Waals surface area contributed by atoms with Gasteiger partial charge in [-0.2, -0.15) is 0 Å². The van der Waals surface area contributed by atoms with Crippen LogP contribution < -0.4 is 5.32 Å². The summed E-state index contributed by atoms with van der Waals surface area (Å²) in [6.45, 7) is 2.83. The Morgan fingerprint density at radius 1 is 1.14 bits per heavy atom. The average molecular weight is 380 g/mol. The van der Waals surface area contributed by atoms with Crippen molar-refractivity contribution >= 4 is 17.8 Å². The minimum absolute atomic E-state index is 0.000826. The highest BCUT2D eigenvalue weighted by Crippen LogP contribution is 2.21. The molecule has 0 radical (unpaired) electrons. The molecule has 146 valence electrons. The zero-order chi connectivity index (χ0) is 20.1. The van der Waals surface area contributed by atoms with Gasteiger partial charge in [0.2, 0.25) is 11.8 Å². The van der Waals surface area contributed by atoms with E-state index in [1.54, 1.807) is 29.2 Å². The average Bonchev–Trinajstić information content (AvgIpc) is 3.05. The Kier molecular flexibility index (Phi) is 6.09. The Bertz CT molecular complexity index is 849. The molecule has 1 saturated heterocycles. The van der Waals surface area contributed by atoms with Crippen molar-refractivity contribution in [3.63, 3.8) is 0 Å². The number of aryl methyl sites for hydroxylation is 1. The van der Waals surface area contributed by atoms with Crippen molar-refractivity contribution < 1.29 is 19.5 Å². The van der Waals surface area contributed by atoms with Crippen LogP contribution in [0.5, 0.6) is 0 Å². The smallest absolute Gasteiger partial charge is 0.312 e. The van der Waals surface area contributed by atoms with Crippen molar-refractivity contribution in [2.45, 2.75) is 25.8 Å². The minimum Gasteiger partial charge on any atom is -0.481 e. The van der Waals surface area contributed by atoms with Gasteiger partial charge in [0.25, 0.3) is 0 Å². The minimum atomic E-state index is -0.991. The molecular formula is C22H24N2O4. The van der Waals surface area contributed by atoms with E-state index in [2.05, 4.69) is 5.32 Å². The number of benzene rings is 2. The number of nitrogens with zero attached hydrogens (tertiary/aromatic N) is 1. The number of carbonyl (C=O) groups excluding carboxylic acids is 2. The molecule has 2 N–H and O–H groups in total. The molecule has 6 heteroatoms. The maximum absolute atomic E-state index is 12.5. The van der Waals surface area contributed by atoms with Crippen LogP contribution in [0.1, 0.15) is 29.0 Å². The van der Waals surface area contributed by atoms with Gasteiger partial charge in [0.05, 0.1) is 11.8 Å². The van der Waals surface area contributed by atoms with Gasteiger partial charge in [-0.25, -0.2) is 0 Å². The molecule has 1 heterocycles. The highest BCUT2D eigenvalue weighted by Gasteiger charge is 2.34. The lowest BCUT2D eigenvalue weighted by molar-refractivity contribution is -0.139. The van der Waals surface area contributed by atoms with E-state index in [0.717, 1.165) is 11.1 Å². The molecule has 2 atom stereocenters. The summed E-state index contributed by atoms with van der Waals surface area (Å²) in [6, 6.07) is 16.8. The summed E-state index contributed by atoms with van der Waals surface area (Å²) in [5.74, 6) is -2.59. The topological polar surface area (TPSA) is 86.7 Å². The van der Waals surface area contributed by atoms with Crippen LogP contribution in [0.2, 0.25) is 0 Å². The number of likely N-dealkylation sites (tertiary alicyclic amines) is 1. The van der Waals surface area contributed by atoms with Crippen molar-refractivity contribution in [1.29, 1.82) is 0 Å². The lowest BCUT2D eigenvalue weighted by Gasteiger charge is -2.18. The van der Waals surface area contributed by atoms with Crippen LogP contribution in [0.15, 0.2) is 54.6 Å². The van der Waals surface area contributed by atoms with Crippen LogP contribution in [0.4, 0.5) is 0 Å². The molecule has 2 amide bonds. The number of aliphatic carboxylic acids is 1. The number of amides is 2. The van der Waals surface area contributed by atoms with E-state index in [-0.39, 0.29) is 24.8 Å². The summed E-state index contributed by atoms with van der Waals surface area (Å²) in [6.07, 6.45) is 0.154. The second-order valence-corrected chi connectivity index (χ2v) is 7.21. The molecule has 1 aliphatic heterocycles. The van der Waals surface area contributed by atoms with Crippen LogP contribution in [-0.2, 0) is 20.9 Å². The highest BCUT2D eigenvalue weighted by atomic mass is 16.4. The predicted octanol–water partition coefficient (Wildman–Crippen LogP) is 2.33. The quantitative estimate of drug-likeness (QED) is 0.772. The molecule has 0 aromatic heterocycles. The van der Waals surface area contributed by atoms with E-state index in [0.29, 0.717) is 18.7 Å². The van der Waals surface area contributed by atoms with Crippen LogP contribution in [0.3, 0.4) is 0 Å². The maximum Gasteiger partial charge on any atom is 0.312 e. The van der Waals surface area contributed by atoms with Crippen LogP contribution in [-0.4, -0.2) is 40.9 Å². The van der Waals surface area contributed by atoms with Gasteiger partial charge in [-0.05, 0) is 18.1 Å². The Hall–Kier alpha value is -3.15. The molecule has 2 aromatic carbocycles. The van der Waals surface area contributed by atoms with Gasteiger partial charge >= 0.3 is 5.97 Å². The summed E-state index contributed by atoms with van der Waals surface area (Å²) in [7, 11) is 0. The standard InChI is InChI=1S/C22H24N2O4/c1-15-7-9-16(10-8-15)13-24-14-18(11-20(24)25)21(26)23-12-19(22(27)28)17-5-3-2-4-6-17/h2-10,18-19H,11-14H2,1H3,(H,23,26)(H,27,28). The van der Waals surface area contributed by atoms with Crippen LogP contribution >= 0.6 is 0 Å². The third-order valence-corrected chi connectivity index (χ3v) is 5.06. The lowest BCUT2D eigenvalue weighted by Crippen LogP contribution is -2.37. The Labute approximate surface area is 164 Å². The van der Waals surface area contributed by atoms with E-state index in [1.165, 1.54) is 0 Å². The van der Waals surface area contributed by atoms with Gasteiger partial charge in [-0.15, -0.1) is 0 Å². The number of carbonyl (C=O) groups is 3. The largest absolute Gasteiger partial charge is 0.481 e. The first-order valence-corrected chi connectivity index (χ1v) is 9.33. The van der Waals surface area contributed by atoms with E-state index >= 15 is 0 Å². The zero-order valence-electron chi connectivity index (χ0n) is 15.8. The maximum atomic E-state index is 12.5. The van der Waals surface area contributed by atoms with Crippen LogP contribution in [0.25, 0.3) is 0 Å². The number of nitrogens with one attached hydrogen (secondary N) is 1. The van der Waals surface area contributed by atoms with E-state index < -0.39 is 17.8 Å². The molecule has 1 fully saturated rings. The fraction of sp³-hybridized carbons (Fsp3) is 0.318. The Balaban J connectivity index is 1.56. The van der Waals surface area contributed by atoms with Gasteiger partial charge in [-0.1, -0.05) is 60.2 Å². The van der Waals surface area contributed by atoms with Crippen molar-refractivity contribution in [2.75, 3.05) is 13.1 Å². The molecule has 3 rings (SSSR count). The molecule has 1 aliphatic rings. The highest BCUT2D eigenvalue weighted by molar-refractivity contribution is 5.89. The fourth-order valence-electron chi connectivity index (χ4n) is 3.39. The number of hydrogen-bond donors (Lipinski definition) is 2. The first kappa shape index (κ1) is 19.6. The number of hydrogen-bond acceptors (Lipinski definition) is 3. The van der Waals surface area contributed by atoms with E-state index in [4.69, 9.17) is 0 Å². The first-order valence-electron chi connectivity index (χ1n) is 9.33. The second-order valence-electron chi connectivity index (χ2n) is 7.21. The predicted molar refractivity (Wildman–Crippen MR) is 105 cm³/mol. The normalized spacial score (nSPS) is 17.4. The molecule has 28 heavy (non-hydrogen) atoms. The lowest BCUT2D eigenvalue weighted by atomic mass is 9.99. The summed E-state index contributed by atoms with van der Waals surface area (Å²) in [4.78, 5) is 38.0. The number of carboxylic acids is 1. The van der Waals surface area contributed by atoms with Gasteiger partial charge in [0.1, 0.15) is 0 Å². The van der Waals surface area contributed by atoms with Crippen LogP contribution in [0, 0.1) is 12.8 Å². The summed E-state index contributed by atoms with van der Waals surface area (Å²) < 4.78 is 0. The SMILES string of the molecule is Cc1ccc(CN2CC(C(=O)NCC(C(=O)O)c3ccccc3)CC2=O)cc1. The second kappa shape index (κ2) is 8.69. The molecule has 0 saturated carbocycles. The van der Waals surface area contributed by atoms with Crippen molar-refractivity contribution in [3.05, 3.63) is 71.3 Å². The third kappa shape index (κ3) is 4.76. The van der Waals surface area contributed by atoms with Gasteiger partial charge in [0, 0.05) is 26.1 Å². The van der Waals surface area contributed by atoms with Gasteiger partial charge in [-0.3, -0.25) is 14.4 Å². The summed E-state index contributed by atoms with van der Waals surface area (Å²) in [5.41, 5.74) is 2.81. The van der Waals surface area contributed by atoms with Crippen molar-refractivity contribution in [1.82, 2.24) is 10.2 Å². The van der Waals surface area contributed by atoms with Gasteiger partial charge in [0.15, 0.2) is 0 Å². The van der Waals surface area contributed by atoms with E-state index in [9.17, 15) is 19.5 Å². The molecule has 0 aliphatic carbocycles. The Morgan fingerprint density at radius 3 is 2.46 bits per heavy atom.